The maximum absolute atomic E-state index is 12.7. The summed E-state index contributed by atoms with van der Waals surface area (Å²) >= 11 is 0. The van der Waals surface area contributed by atoms with Gasteiger partial charge in [-0.1, -0.05) is 24.3 Å². The van der Waals surface area contributed by atoms with E-state index < -0.39 is 4.92 Å². The maximum atomic E-state index is 12.7. The minimum Gasteiger partial charge on any atom is -0.495 e. The molecule has 7 heteroatoms. The molecule has 1 N–H and O–H groups in total. The van der Waals surface area contributed by atoms with Crippen LogP contribution in [0, 0.1) is 10.1 Å². The molecule has 3 rings (SSSR count). The van der Waals surface area contributed by atoms with Gasteiger partial charge in [-0.05, 0) is 36.5 Å². The normalized spacial score (nSPS) is 15.6. The average Bonchev–Trinajstić information content (AvgIpc) is 2.70. The Morgan fingerprint density at radius 1 is 1.33 bits per heavy atom. The van der Waals surface area contributed by atoms with Crippen LogP contribution in [0.5, 0.6) is 5.75 Å². The third-order valence-corrected chi connectivity index (χ3v) is 5.02. The fraction of sp³-hybridized carbons (Fsp3) is 0.350. The molecule has 27 heavy (non-hydrogen) atoms. The summed E-state index contributed by atoms with van der Waals surface area (Å²) in [5.41, 5.74) is 2.87. The lowest BCUT2D eigenvalue weighted by atomic mass is 9.87. The summed E-state index contributed by atoms with van der Waals surface area (Å²) in [5.74, 6) is 0.379. The summed E-state index contributed by atoms with van der Waals surface area (Å²) in [4.78, 5) is 25.0. The van der Waals surface area contributed by atoms with Crippen molar-refractivity contribution in [3.05, 3.63) is 63.7 Å². The van der Waals surface area contributed by atoms with Gasteiger partial charge in [0, 0.05) is 19.2 Å². The van der Waals surface area contributed by atoms with E-state index in [1.165, 1.54) is 36.4 Å². The van der Waals surface area contributed by atoms with Crippen LogP contribution in [0.4, 0.5) is 11.4 Å². The van der Waals surface area contributed by atoms with E-state index in [4.69, 9.17) is 4.74 Å². The lowest BCUT2D eigenvalue weighted by Gasteiger charge is -2.33. The molecule has 0 saturated carbocycles. The van der Waals surface area contributed by atoms with Gasteiger partial charge < -0.3 is 15.0 Å². The van der Waals surface area contributed by atoms with Crippen LogP contribution in [0.1, 0.15) is 30.0 Å². The van der Waals surface area contributed by atoms with Crippen molar-refractivity contribution in [1.82, 2.24) is 4.90 Å². The zero-order chi connectivity index (χ0) is 19.4. The van der Waals surface area contributed by atoms with E-state index in [0.717, 1.165) is 19.3 Å². The maximum Gasteiger partial charge on any atom is 0.271 e. The Labute approximate surface area is 158 Å². The van der Waals surface area contributed by atoms with Gasteiger partial charge in [0.25, 0.3) is 5.69 Å². The number of anilines is 1. The topological polar surface area (TPSA) is 84.7 Å². The van der Waals surface area contributed by atoms with Crippen molar-refractivity contribution in [3.63, 3.8) is 0 Å². The first-order valence-electron chi connectivity index (χ1n) is 8.91. The van der Waals surface area contributed by atoms with Crippen LogP contribution in [-0.4, -0.2) is 36.4 Å². The fourth-order valence-electron chi connectivity index (χ4n) is 3.55. The molecule has 2 aromatic carbocycles. The molecule has 0 spiro atoms. The Hall–Kier alpha value is -3.09. The molecule has 7 nitrogen and oxygen atoms in total. The Morgan fingerprint density at radius 2 is 2.11 bits per heavy atom. The van der Waals surface area contributed by atoms with Crippen molar-refractivity contribution < 1.29 is 14.5 Å². The van der Waals surface area contributed by atoms with Gasteiger partial charge in [-0.25, -0.2) is 0 Å². The number of nitro benzene ring substituents is 1. The second kappa shape index (κ2) is 8.07. The van der Waals surface area contributed by atoms with Gasteiger partial charge in [0.15, 0.2) is 0 Å². The highest BCUT2D eigenvalue weighted by atomic mass is 16.6. The molecule has 2 aromatic rings. The van der Waals surface area contributed by atoms with Crippen LogP contribution in [-0.2, 0) is 11.2 Å². The zero-order valence-electron chi connectivity index (χ0n) is 15.5. The van der Waals surface area contributed by atoms with Gasteiger partial charge in [0.2, 0.25) is 5.91 Å². The van der Waals surface area contributed by atoms with Crippen molar-refractivity contribution >= 4 is 17.3 Å². The van der Waals surface area contributed by atoms with Crippen molar-refractivity contribution in [2.24, 2.45) is 0 Å². The van der Waals surface area contributed by atoms with E-state index in [2.05, 4.69) is 17.4 Å². The Morgan fingerprint density at radius 3 is 2.85 bits per heavy atom. The summed E-state index contributed by atoms with van der Waals surface area (Å²) in [5, 5.41) is 14.0. The monoisotopic (exact) mass is 369 g/mol. The Bertz CT molecular complexity index is 853. The average molecular weight is 369 g/mol. The number of nitrogens with zero attached hydrogens (tertiary/aromatic N) is 2. The number of non-ortho nitro benzene ring substituents is 1. The predicted molar refractivity (Wildman–Crippen MR) is 103 cm³/mol. The third kappa shape index (κ3) is 4.02. The number of aryl methyl sites for hydroxylation is 1. The van der Waals surface area contributed by atoms with Crippen LogP contribution in [0.15, 0.2) is 42.5 Å². The quantitative estimate of drug-likeness (QED) is 0.622. The third-order valence-electron chi connectivity index (χ3n) is 5.02. The SMILES string of the molecule is COc1ccc([N+](=O)[O-])cc1NCC(=O)N(C)C1CCCc2ccccc21. The van der Waals surface area contributed by atoms with E-state index in [9.17, 15) is 14.9 Å². The number of likely N-dealkylation sites (N-methyl/N-ethyl adjacent to an activating group) is 1. The van der Waals surface area contributed by atoms with Crippen LogP contribution in [0.25, 0.3) is 0 Å². The lowest BCUT2D eigenvalue weighted by molar-refractivity contribution is -0.384. The van der Waals surface area contributed by atoms with Gasteiger partial charge in [0.1, 0.15) is 5.75 Å². The van der Waals surface area contributed by atoms with Gasteiger partial charge in [-0.3, -0.25) is 14.9 Å². The van der Waals surface area contributed by atoms with E-state index in [0.29, 0.717) is 11.4 Å². The molecule has 0 heterocycles. The number of amides is 1. The van der Waals surface area contributed by atoms with Gasteiger partial charge in [-0.15, -0.1) is 0 Å². The summed E-state index contributed by atoms with van der Waals surface area (Å²) in [6.07, 6.45) is 3.02. The molecule has 1 aliphatic rings. The molecule has 1 aliphatic carbocycles. The molecule has 0 aliphatic heterocycles. The molecule has 0 bridgehead atoms. The molecule has 0 saturated heterocycles. The number of hydrogen-bond donors (Lipinski definition) is 1. The predicted octanol–water partition coefficient (Wildman–Crippen LogP) is 3.55. The fourth-order valence-corrected chi connectivity index (χ4v) is 3.55. The molecular formula is C20H23N3O4. The van der Waals surface area contributed by atoms with Crippen LogP contribution < -0.4 is 10.1 Å². The number of carbonyl (C=O) groups excluding carboxylic acids is 1. The summed E-state index contributed by atoms with van der Waals surface area (Å²) in [7, 11) is 3.29. The Kier molecular flexibility index (Phi) is 5.59. The first-order valence-corrected chi connectivity index (χ1v) is 8.91. The highest BCUT2D eigenvalue weighted by molar-refractivity contribution is 5.82. The minimum atomic E-state index is -0.475. The molecule has 0 fully saturated rings. The molecular weight excluding hydrogens is 346 g/mol. The number of nitro groups is 1. The number of carbonyl (C=O) groups is 1. The molecule has 1 atom stereocenters. The first kappa shape index (κ1) is 18.7. The molecule has 0 radical (unpaired) electrons. The summed E-state index contributed by atoms with van der Waals surface area (Å²) < 4.78 is 5.23. The number of benzene rings is 2. The second-order valence-corrected chi connectivity index (χ2v) is 6.61. The van der Waals surface area contributed by atoms with Crippen molar-refractivity contribution in [2.75, 3.05) is 26.0 Å². The minimum absolute atomic E-state index is 0.0344. The van der Waals surface area contributed by atoms with E-state index in [1.807, 2.05) is 12.1 Å². The van der Waals surface area contributed by atoms with E-state index in [-0.39, 0.29) is 24.2 Å². The standard InChI is InChI=1S/C20H23N3O4/c1-22(18-9-5-7-14-6-3-4-8-16(14)18)20(24)13-21-17-12-15(23(25)26)10-11-19(17)27-2/h3-4,6,8,10-12,18,21H,5,7,9,13H2,1-2H3. The van der Waals surface area contributed by atoms with Gasteiger partial charge in [-0.2, -0.15) is 0 Å². The van der Waals surface area contributed by atoms with Crippen molar-refractivity contribution in [3.8, 4) is 5.75 Å². The number of rotatable bonds is 6. The van der Waals surface area contributed by atoms with Crippen molar-refractivity contribution in [1.29, 1.82) is 0 Å². The Balaban J connectivity index is 1.71. The summed E-state index contributed by atoms with van der Waals surface area (Å²) in [6, 6.07) is 12.5. The lowest BCUT2D eigenvalue weighted by Crippen LogP contribution is -2.37. The van der Waals surface area contributed by atoms with Crippen LogP contribution in [0.3, 0.4) is 0 Å². The number of fused-ring (bicyclic) bond motifs is 1. The van der Waals surface area contributed by atoms with E-state index >= 15 is 0 Å². The first-order chi connectivity index (χ1) is 13.0. The number of methoxy groups -OCH3 is 1. The largest absolute Gasteiger partial charge is 0.495 e. The van der Waals surface area contributed by atoms with Gasteiger partial charge in [0.05, 0.1) is 30.3 Å². The van der Waals surface area contributed by atoms with Gasteiger partial charge >= 0.3 is 0 Å². The van der Waals surface area contributed by atoms with Crippen molar-refractivity contribution in [2.45, 2.75) is 25.3 Å². The zero-order valence-corrected chi connectivity index (χ0v) is 15.5. The summed E-state index contributed by atoms with van der Waals surface area (Å²) in [6.45, 7) is 0.0344. The molecule has 0 aromatic heterocycles. The van der Waals surface area contributed by atoms with E-state index in [1.54, 1.807) is 11.9 Å². The highest BCUT2D eigenvalue weighted by Crippen LogP contribution is 2.34. The molecule has 1 unspecified atom stereocenters. The van der Waals surface area contributed by atoms with Crippen LogP contribution in [0.2, 0.25) is 0 Å². The number of ether oxygens (including phenoxy) is 1. The smallest absolute Gasteiger partial charge is 0.271 e. The number of hydrogen-bond acceptors (Lipinski definition) is 5. The second-order valence-electron chi connectivity index (χ2n) is 6.61. The van der Waals surface area contributed by atoms with Crippen LogP contribution >= 0.6 is 0 Å². The highest BCUT2D eigenvalue weighted by Gasteiger charge is 2.26. The molecule has 1 amide bonds. The molecule has 142 valence electrons. The number of nitrogens with one attached hydrogen (secondary N) is 1.